The molecule has 2 rings (SSSR count). The molecule has 2 heterocycles. The fraction of sp³-hybridized carbons (Fsp3) is 0.364. The van der Waals surface area contributed by atoms with Crippen LogP contribution in [0.25, 0.3) is 11.5 Å². The summed E-state index contributed by atoms with van der Waals surface area (Å²) in [5.74, 6) is 0.662. The maximum atomic E-state index is 5.42. The molecule has 0 unspecified atom stereocenters. The Kier molecular flexibility index (Phi) is 4.73. The number of thiophene rings is 1. The minimum Gasteiger partial charge on any atom is -0.444 e. The van der Waals surface area contributed by atoms with E-state index in [0.717, 1.165) is 21.6 Å². The molecular weight excluding hydrogens is 304 g/mol. The summed E-state index contributed by atoms with van der Waals surface area (Å²) >= 11 is 5.04. The van der Waals surface area contributed by atoms with E-state index in [-0.39, 0.29) is 0 Å². The fourth-order valence-corrected chi connectivity index (χ4v) is 2.46. The third-order valence-corrected chi connectivity index (χ3v) is 3.66. The minimum absolute atomic E-state index is 0.662. The van der Waals surface area contributed by atoms with Gasteiger partial charge in [-0.05, 0) is 22.0 Å². The van der Waals surface area contributed by atoms with Gasteiger partial charge in [-0.3, -0.25) is 0 Å². The third kappa shape index (κ3) is 3.64. The number of ether oxygens (including phenoxy) is 1. The largest absolute Gasteiger partial charge is 0.444 e. The summed E-state index contributed by atoms with van der Waals surface area (Å²) in [6.45, 7) is 2.20. The second-order valence-corrected chi connectivity index (χ2v) is 5.74. The van der Waals surface area contributed by atoms with Crippen LogP contribution >= 0.6 is 27.3 Å². The van der Waals surface area contributed by atoms with Crippen molar-refractivity contribution in [2.75, 3.05) is 20.3 Å². The normalized spacial score (nSPS) is 10.9. The molecular formula is C11H13BrN2O2S. The number of aromatic nitrogens is 1. The molecule has 17 heavy (non-hydrogen) atoms. The van der Waals surface area contributed by atoms with Gasteiger partial charge in [0.25, 0.3) is 0 Å². The predicted octanol–water partition coefficient (Wildman–Crippen LogP) is 2.90. The highest BCUT2D eigenvalue weighted by atomic mass is 79.9. The van der Waals surface area contributed by atoms with E-state index >= 15 is 0 Å². The van der Waals surface area contributed by atoms with Crippen molar-refractivity contribution in [3.05, 3.63) is 27.2 Å². The van der Waals surface area contributed by atoms with E-state index in [9.17, 15) is 0 Å². The van der Waals surface area contributed by atoms with Gasteiger partial charge in [0.1, 0.15) is 6.26 Å². The molecule has 0 aliphatic heterocycles. The van der Waals surface area contributed by atoms with Crippen LogP contribution in [0.3, 0.4) is 0 Å². The van der Waals surface area contributed by atoms with Gasteiger partial charge in [-0.2, -0.15) is 0 Å². The summed E-state index contributed by atoms with van der Waals surface area (Å²) in [4.78, 5) is 4.41. The highest BCUT2D eigenvalue weighted by Gasteiger charge is 2.08. The molecule has 0 aromatic carbocycles. The average molecular weight is 317 g/mol. The van der Waals surface area contributed by atoms with Crippen LogP contribution in [-0.2, 0) is 11.3 Å². The van der Waals surface area contributed by atoms with Gasteiger partial charge >= 0.3 is 0 Å². The molecule has 0 atom stereocenters. The molecule has 0 aliphatic carbocycles. The second-order valence-electron chi connectivity index (χ2n) is 3.45. The van der Waals surface area contributed by atoms with Crippen LogP contribution in [0.2, 0.25) is 0 Å². The Morgan fingerprint density at radius 3 is 3.18 bits per heavy atom. The first-order valence-corrected chi connectivity index (χ1v) is 6.85. The predicted molar refractivity (Wildman–Crippen MR) is 71.1 cm³/mol. The summed E-state index contributed by atoms with van der Waals surface area (Å²) < 4.78 is 11.4. The van der Waals surface area contributed by atoms with E-state index in [0.29, 0.717) is 19.0 Å². The zero-order valence-electron chi connectivity index (χ0n) is 9.40. The zero-order chi connectivity index (χ0) is 12.1. The van der Waals surface area contributed by atoms with E-state index in [2.05, 4.69) is 26.2 Å². The standard InChI is InChI=1S/C11H13BrN2O2S/c1-15-3-2-13-5-9-6-16-11(14-9)8-4-10(12)17-7-8/h4,6-7,13H,2-3,5H2,1H3. The summed E-state index contributed by atoms with van der Waals surface area (Å²) in [6.07, 6.45) is 1.68. The van der Waals surface area contributed by atoms with Crippen molar-refractivity contribution in [2.24, 2.45) is 0 Å². The highest BCUT2D eigenvalue weighted by Crippen LogP contribution is 2.28. The monoisotopic (exact) mass is 316 g/mol. The second kappa shape index (κ2) is 6.30. The van der Waals surface area contributed by atoms with E-state index < -0.39 is 0 Å². The van der Waals surface area contributed by atoms with Gasteiger partial charge in [0.05, 0.1) is 16.1 Å². The van der Waals surface area contributed by atoms with Crippen molar-refractivity contribution in [1.82, 2.24) is 10.3 Å². The van der Waals surface area contributed by atoms with Crippen LogP contribution in [0.5, 0.6) is 0 Å². The molecule has 2 aromatic rings. The average Bonchev–Trinajstić information content (AvgIpc) is 2.93. The minimum atomic E-state index is 0.662. The number of hydrogen-bond acceptors (Lipinski definition) is 5. The van der Waals surface area contributed by atoms with Gasteiger partial charge in [-0.1, -0.05) is 0 Å². The van der Waals surface area contributed by atoms with Gasteiger partial charge in [0, 0.05) is 31.1 Å². The van der Waals surface area contributed by atoms with Gasteiger partial charge in [0.2, 0.25) is 5.89 Å². The Morgan fingerprint density at radius 2 is 2.47 bits per heavy atom. The number of halogens is 1. The highest BCUT2D eigenvalue weighted by molar-refractivity contribution is 9.11. The number of oxazole rings is 1. The zero-order valence-corrected chi connectivity index (χ0v) is 11.8. The van der Waals surface area contributed by atoms with Crippen molar-refractivity contribution in [1.29, 1.82) is 0 Å². The first-order chi connectivity index (χ1) is 8.29. The van der Waals surface area contributed by atoms with Gasteiger partial charge in [-0.25, -0.2) is 4.98 Å². The molecule has 0 saturated carbocycles. The molecule has 0 spiro atoms. The van der Waals surface area contributed by atoms with Gasteiger partial charge in [-0.15, -0.1) is 11.3 Å². The van der Waals surface area contributed by atoms with E-state index in [1.165, 1.54) is 0 Å². The lowest BCUT2D eigenvalue weighted by Gasteiger charge is -1.99. The van der Waals surface area contributed by atoms with Crippen molar-refractivity contribution in [3.63, 3.8) is 0 Å². The quantitative estimate of drug-likeness (QED) is 0.832. The smallest absolute Gasteiger partial charge is 0.227 e. The third-order valence-electron chi connectivity index (χ3n) is 2.16. The molecule has 0 aliphatic rings. The molecule has 2 aromatic heterocycles. The molecule has 1 N–H and O–H groups in total. The molecule has 0 fully saturated rings. The summed E-state index contributed by atoms with van der Waals surface area (Å²) in [6, 6.07) is 2.00. The first-order valence-electron chi connectivity index (χ1n) is 5.18. The Hall–Kier alpha value is -0.690. The number of rotatable bonds is 6. The van der Waals surface area contributed by atoms with Crippen LogP contribution in [0.4, 0.5) is 0 Å². The molecule has 0 amide bonds. The van der Waals surface area contributed by atoms with Gasteiger partial charge < -0.3 is 14.5 Å². The van der Waals surface area contributed by atoms with Crippen molar-refractivity contribution >= 4 is 27.3 Å². The topological polar surface area (TPSA) is 47.3 Å². The Morgan fingerprint density at radius 1 is 1.59 bits per heavy atom. The maximum absolute atomic E-state index is 5.42. The van der Waals surface area contributed by atoms with Crippen LogP contribution < -0.4 is 5.32 Å². The van der Waals surface area contributed by atoms with E-state index in [4.69, 9.17) is 9.15 Å². The van der Waals surface area contributed by atoms with Crippen LogP contribution in [0.15, 0.2) is 25.9 Å². The Labute approximate surface area is 112 Å². The van der Waals surface area contributed by atoms with Crippen molar-refractivity contribution < 1.29 is 9.15 Å². The van der Waals surface area contributed by atoms with E-state index in [1.54, 1.807) is 24.7 Å². The summed E-state index contributed by atoms with van der Waals surface area (Å²) in [5.41, 5.74) is 1.91. The SMILES string of the molecule is COCCNCc1coc(-c2csc(Br)c2)n1. The molecule has 0 radical (unpaired) electrons. The lowest BCUT2D eigenvalue weighted by molar-refractivity contribution is 0.199. The lowest BCUT2D eigenvalue weighted by atomic mass is 10.3. The first kappa shape index (κ1) is 12.8. The number of nitrogens with zero attached hydrogens (tertiary/aromatic N) is 1. The van der Waals surface area contributed by atoms with Crippen molar-refractivity contribution in [2.45, 2.75) is 6.54 Å². The summed E-state index contributed by atoms with van der Waals surface area (Å²) in [7, 11) is 1.68. The molecule has 6 heteroatoms. The van der Waals surface area contributed by atoms with E-state index in [1.807, 2.05) is 11.4 Å². The number of methoxy groups -OCH3 is 1. The van der Waals surface area contributed by atoms with Crippen molar-refractivity contribution in [3.8, 4) is 11.5 Å². The summed E-state index contributed by atoms with van der Waals surface area (Å²) in [5, 5.41) is 5.23. The molecule has 0 saturated heterocycles. The van der Waals surface area contributed by atoms with Gasteiger partial charge in [0.15, 0.2) is 0 Å². The number of hydrogen-bond donors (Lipinski definition) is 1. The molecule has 4 nitrogen and oxygen atoms in total. The molecule has 92 valence electrons. The Balaban J connectivity index is 1.92. The number of nitrogens with one attached hydrogen (secondary N) is 1. The van der Waals surface area contributed by atoms with Crippen LogP contribution in [-0.4, -0.2) is 25.2 Å². The molecule has 0 bridgehead atoms. The van der Waals surface area contributed by atoms with Crippen LogP contribution in [0, 0.1) is 0 Å². The Bertz CT molecular complexity index is 469. The van der Waals surface area contributed by atoms with Crippen LogP contribution in [0.1, 0.15) is 5.69 Å². The maximum Gasteiger partial charge on any atom is 0.227 e. The lowest BCUT2D eigenvalue weighted by Crippen LogP contribution is -2.18. The fourth-order valence-electron chi connectivity index (χ4n) is 1.33.